The predicted molar refractivity (Wildman–Crippen MR) is 97.0 cm³/mol. The molecule has 0 aromatic heterocycles. The average Bonchev–Trinajstić information content (AvgIpc) is 2.66. The number of nitrogens with two attached hydrogens (primary N) is 1. The number of nitrogens with one attached hydrogen (secondary N) is 2. The third-order valence-corrected chi connectivity index (χ3v) is 4.04. The molecule has 26 heavy (non-hydrogen) atoms. The smallest absolute Gasteiger partial charge is 0.268 e. The van der Waals surface area contributed by atoms with Crippen LogP contribution < -0.4 is 16.5 Å². The number of hydroxylamine groups is 1. The Labute approximate surface area is 151 Å². The van der Waals surface area contributed by atoms with Gasteiger partial charge in [0.1, 0.15) is 6.04 Å². The second kappa shape index (κ2) is 9.10. The van der Waals surface area contributed by atoms with Gasteiger partial charge in [-0.1, -0.05) is 54.6 Å². The summed E-state index contributed by atoms with van der Waals surface area (Å²) in [5.41, 5.74) is 10.4. The summed E-state index contributed by atoms with van der Waals surface area (Å²) in [5, 5.41) is 20.6. The standard InChI is InChI=1S/C19H23N3O4/c1-12(23)18(19(25)22-26)21-17(24)11-16(20)15-9-7-14(8-10-15)13-5-3-2-4-6-13/h2-10,12,16,18,23,26H,11,20H2,1H3,(H,21,24)(H,22,25)/t12-,16?,18+/m1/s1. The van der Waals surface area contributed by atoms with Crippen LogP contribution >= 0.6 is 0 Å². The Balaban J connectivity index is 1.99. The van der Waals surface area contributed by atoms with Crippen LogP contribution in [0.15, 0.2) is 54.6 Å². The summed E-state index contributed by atoms with van der Waals surface area (Å²) in [4.78, 5) is 23.5. The maximum Gasteiger partial charge on any atom is 0.268 e. The van der Waals surface area contributed by atoms with Gasteiger partial charge in [0.05, 0.1) is 6.10 Å². The number of benzene rings is 2. The van der Waals surface area contributed by atoms with Crippen molar-refractivity contribution in [3.05, 3.63) is 60.2 Å². The number of amides is 2. The topological polar surface area (TPSA) is 125 Å². The van der Waals surface area contributed by atoms with Crippen LogP contribution in [0.2, 0.25) is 0 Å². The van der Waals surface area contributed by atoms with Gasteiger partial charge in [0, 0.05) is 12.5 Å². The van der Waals surface area contributed by atoms with Gasteiger partial charge in [0.15, 0.2) is 0 Å². The molecule has 2 amide bonds. The lowest BCUT2D eigenvalue weighted by molar-refractivity contribution is -0.137. The third-order valence-electron chi connectivity index (χ3n) is 4.04. The third kappa shape index (κ3) is 5.13. The fraction of sp³-hybridized carbons (Fsp3) is 0.263. The average molecular weight is 357 g/mol. The Bertz CT molecular complexity index is 732. The van der Waals surface area contributed by atoms with Gasteiger partial charge in [-0.25, -0.2) is 5.48 Å². The maximum absolute atomic E-state index is 12.1. The largest absolute Gasteiger partial charge is 0.391 e. The highest BCUT2D eigenvalue weighted by Crippen LogP contribution is 2.22. The predicted octanol–water partition coefficient (Wildman–Crippen LogP) is 1.11. The molecule has 2 aromatic carbocycles. The number of hydrogen-bond acceptors (Lipinski definition) is 5. The van der Waals surface area contributed by atoms with Crippen LogP contribution in [0.5, 0.6) is 0 Å². The van der Waals surface area contributed by atoms with E-state index in [2.05, 4.69) is 5.32 Å². The van der Waals surface area contributed by atoms with Gasteiger partial charge < -0.3 is 16.2 Å². The monoisotopic (exact) mass is 357 g/mol. The lowest BCUT2D eigenvalue weighted by Crippen LogP contribution is -2.52. The quantitative estimate of drug-likeness (QED) is 0.375. The maximum atomic E-state index is 12.1. The summed E-state index contributed by atoms with van der Waals surface area (Å²) in [7, 11) is 0. The highest BCUT2D eigenvalue weighted by Gasteiger charge is 2.26. The van der Waals surface area contributed by atoms with Crippen LogP contribution in [-0.4, -0.2) is 34.3 Å². The van der Waals surface area contributed by atoms with E-state index in [1.807, 2.05) is 54.6 Å². The molecule has 0 spiro atoms. The number of aliphatic hydroxyl groups excluding tert-OH is 1. The van der Waals surface area contributed by atoms with E-state index in [1.54, 1.807) is 0 Å². The Hall–Kier alpha value is -2.74. The minimum Gasteiger partial charge on any atom is -0.391 e. The highest BCUT2D eigenvalue weighted by atomic mass is 16.5. The second-order valence-electron chi connectivity index (χ2n) is 6.06. The van der Waals surface area contributed by atoms with Crippen molar-refractivity contribution < 1.29 is 19.9 Å². The summed E-state index contributed by atoms with van der Waals surface area (Å²) in [6.07, 6.45) is -1.22. The molecule has 0 radical (unpaired) electrons. The number of carbonyl (C=O) groups excluding carboxylic acids is 2. The highest BCUT2D eigenvalue weighted by molar-refractivity contribution is 5.87. The molecule has 0 saturated carbocycles. The van der Waals surface area contributed by atoms with Crippen LogP contribution in [0.1, 0.15) is 24.9 Å². The van der Waals surface area contributed by atoms with Crippen LogP contribution in [0, 0.1) is 0 Å². The number of rotatable bonds is 7. The molecule has 0 saturated heterocycles. The van der Waals surface area contributed by atoms with E-state index < -0.39 is 30.0 Å². The zero-order chi connectivity index (χ0) is 19.1. The first kappa shape index (κ1) is 19.6. The fourth-order valence-electron chi connectivity index (χ4n) is 2.58. The second-order valence-corrected chi connectivity index (χ2v) is 6.06. The van der Waals surface area contributed by atoms with Gasteiger partial charge in [0.25, 0.3) is 5.91 Å². The van der Waals surface area contributed by atoms with Crippen LogP contribution in [-0.2, 0) is 9.59 Å². The van der Waals surface area contributed by atoms with Crippen molar-refractivity contribution in [1.29, 1.82) is 0 Å². The molecule has 3 atom stereocenters. The van der Waals surface area contributed by atoms with E-state index in [1.165, 1.54) is 12.4 Å². The van der Waals surface area contributed by atoms with Crippen molar-refractivity contribution in [3.8, 4) is 11.1 Å². The van der Waals surface area contributed by atoms with Crippen molar-refractivity contribution in [2.75, 3.05) is 0 Å². The van der Waals surface area contributed by atoms with E-state index in [-0.39, 0.29) is 6.42 Å². The molecular weight excluding hydrogens is 334 g/mol. The molecule has 2 rings (SSSR count). The van der Waals surface area contributed by atoms with E-state index in [0.29, 0.717) is 0 Å². The Morgan fingerprint density at radius 3 is 2.15 bits per heavy atom. The molecule has 6 N–H and O–H groups in total. The molecule has 0 aliphatic rings. The molecule has 0 aliphatic carbocycles. The van der Waals surface area contributed by atoms with Crippen molar-refractivity contribution in [2.24, 2.45) is 5.73 Å². The van der Waals surface area contributed by atoms with E-state index in [0.717, 1.165) is 16.7 Å². The van der Waals surface area contributed by atoms with E-state index >= 15 is 0 Å². The Kier molecular flexibility index (Phi) is 6.85. The van der Waals surface area contributed by atoms with Gasteiger partial charge in [-0.05, 0) is 23.6 Å². The molecule has 7 heteroatoms. The molecule has 0 heterocycles. The minimum atomic E-state index is -1.25. The molecule has 0 fully saturated rings. The zero-order valence-corrected chi connectivity index (χ0v) is 14.4. The Morgan fingerprint density at radius 2 is 1.62 bits per heavy atom. The molecule has 2 aromatic rings. The van der Waals surface area contributed by atoms with Gasteiger partial charge in [-0.2, -0.15) is 0 Å². The number of hydrogen-bond donors (Lipinski definition) is 5. The lowest BCUT2D eigenvalue weighted by atomic mass is 9.99. The van der Waals surface area contributed by atoms with Crippen molar-refractivity contribution in [2.45, 2.75) is 31.5 Å². The first-order chi connectivity index (χ1) is 12.4. The molecule has 138 valence electrons. The summed E-state index contributed by atoms with van der Waals surface area (Å²) in [5.74, 6) is -1.40. The zero-order valence-electron chi connectivity index (χ0n) is 14.4. The fourth-order valence-corrected chi connectivity index (χ4v) is 2.58. The van der Waals surface area contributed by atoms with Gasteiger partial charge in [0.2, 0.25) is 5.91 Å². The first-order valence-electron chi connectivity index (χ1n) is 8.24. The lowest BCUT2D eigenvalue weighted by Gasteiger charge is -2.20. The molecular formula is C19H23N3O4. The summed E-state index contributed by atoms with van der Waals surface area (Å²) in [6.45, 7) is 1.34. The van der Waals surface area contributed by atoms with E-state index in [4.69, 9.17) is 10.9 Å². The van der Waals surface area contributed by atoms with Gasteiger partial charge >= 0.3 is 0 Å². The number of carbonyl (C=O) groups is 2. The minimum absolute atomic E-state index is 0.0629. The van der Waals surface area contributed by atoms with Crippen molar-refractivity contribution >= 4 is 11.8 Å². The van der Waals surface area contributed by atoms with Crippen LogP contribution in [0.4, 0.5) is 0 Å². The normalized spacial score (nSPS) is 14.2. The van der Waals surface area contributed by atoms with Crippen molar-refractivity contribution in [1.82, 2.24) is 10.8 Å². The Morgan fingerprint density at radius 1 is 1.04 bits per heavy atom. The van der Waals surface area contributed by atoms with Gasteiger partial charge in [-0.3, -0.25) is 14.8 Å². The van der Waals surface area contributed by atoms with Crippen LogP contribution in [0.25, 0.3) is 11.1 Å². The summed E-state index contributed by atoms with van der Waals surface area (Å²) < 4.78 is 0. The molecule has 7 nitrogen and oxygen atoms in total. The van der Waals surface area contributed by atoms with Gasteiger partial charge in [-0.15, -0.1) is 0 Å². The molecule has 1 unspecified atom stereocenters. The van der Waals surface area contributed by atoms with Crippen molar-refractivity contribution in [3.63, 3.8) is 0 Å². The summed E-state index contributed by atoms with van der Waals surface area (Å²) >= 11 is 0. The SMILES string of the molecule is C[C@@H](O)[C@H](NC(=O)CC(N)c1ccc(-c2ccccc2)cc1)C(=O)NO. The molecule has 0 bridgehead atoms. The first-order valence-corrected chi connectivity index (χ1v) is 8.24. The summed E-state index contributed by atoms with van der Waals surface area (Å²) in [6, 6.07) is 15.6. The molecule has 0 aliphatic heterocycles. The number of aliphatic hydroxyl groups is 1. The van der Waals surface area contributed by atoms with Crippen LogP contribution in [0.3, 0.4) is 0 Å². The van der Waals surface area contributed by atoms with E-state index in [9.17, 15) is 14.7 Å².